The number of esters is 1. The molecule has 1 aromatic rings. The van der Waals surface area contributed by atoms with Crippen LogP contribution < -0.4 is 10.6 Å². The molecule has 0 radical (unpaired) electrons. The first-order valence-corrected chi connectivity index (χ1v) is 15.4. The number of alkyl carbamates (subject to hydrolysis) is 1. The molecule has 1 aromatic carbocycles. The van der Waals surface area contributed by atoms with Gasteiger partial charge in [0, 0.05) is 18.7 Å². The van der Waals surface area contributed by atoms with Gasteiger partial charge in [0.05, 0.1) is 19.3 Å². The van der Waals surface area contributed by atoms with E-state index in [2.05, 4.69) is 10.6 Å². The number of carbonyl (C=O) groups is 2. The number of hydrogen-bond acceptors (Lipinski definition) is 7. The van der Waals surface area contributed by atoms with E-state index in [-0.39, 0.29) is 31.3 Å². The maximum Gasteiger partial charge on any atom is 0.407 e. The van der Waals surface area contributed by atoms with Crippen LogP contribution in [0.3, 0.4) is 0 Å². The average molecular weight is 561 g/mol. The van der Waals surface area contributed by atoms with Gasteiger partial charge in [0.25, 0.3) is 0 Å². The lowest BCUT2D eigenvalue weighted by molar-refractivity contribution is -0.156. The van der Waals surface area contributed by atoms with E-state index in [1.165, 1.54) is 32.1 Å². The quantitative estimate of drug-likeness (QED) is 0.199. The van der Waals surface area contributed by atoms with Gasteiger partial charge in [0.15, 0.2) is 0 Å². The Labute approximate surface area is 241 Å². The molecule has 0 saturated heterocycles. The Morgan fingerprint density at radius 2 is 1.68 bits per heavy atom. The van der Waals surface area contributed by atoms with Gasteiger partial charge in [-0.15, -0.1) is 0 Å². The van der Waals surface area contributed by atoms with Crippen LogP contribution in [0.2, 0.25) is 0 Å². The van der Waals surface area contributed by atoms with E-state index in [9.17, 15) is 9.59 Å². The summed E-state index contributed by atoms with van der Waals surface area (Å²) in [5.74, 6) is -0.339. The Morgan fingerprint density at radius 3 is 2.42 bits per heavy atom. The third-order valence-corrected chi connectivity index (χ3v) is 7.46. The molecule has 2 fully saturated rings. The molecule has 0 bridgehead atoms. The Hall–Kier alpha value is -2.16. The van der Waals surface area contributed by atoms with Crippen molar-refractivity contribution in [3.63, 3.8) is 0 Å². The van der Waals surface area contributed by atoms with Gasteiger partial charge in [-0.05, 0) is 84.1 Å². The summed E-state index contributed by atoms with van der Waals surface area (Å²) >= 11 is 0. The standard InChI is InChI=1S/C32H52N2O6/c1-32(2,3)40-31(36)34-28(17-10-11-20-37-22-25-13-6-4-7-14-25)23-38-24-30(35)39-29-19-12-18-27(21-29)33-26-15-8-5-9-16-26/h4,6-7,13-14,26-29,33H,5,8-12,15-24H2,1-3H3,(H,34,36)/t27?,28-,29?/m1/s1. The van der Waals surface area contributed by atoms with Gasteiger partial charge in [-0.2, -0.15) is 0 Å². The molecule has 1 amide bonds. The zero-order chi connectivity index (χ0) is 28.6. The predicted octanol–water partition coefficient (Wildman–Crippen LogP) is 6.06. The summed E-state index contributed by atoms with van der Waals surface area (Å²) in [4.78, 5) is 24.9. The number of amides is 1. The molecule has 0 aliphatic heterocycles. The Bertz CT molecular complexity index is 853. The first kappa shape index (κ1) is 32.4. The van der Waals surface area contributed by atoms with Gasteiger partial charge < -0.3 is 29.6 Å². The van der Waals surface area contributed by atoms with E-state index in [0.29, 0.717) is 31.7 Å². The smallest absolute Gasteiger partial charge is 0.407 e. The Kier molecular flexibility index (Phi) is 14.2. The highest BCUT2D eigenvalue weighted by Crippen LogP contribution is 2.25. The van der Waals surface area contributed by atoms with Crippen LogP contribution in [0.1, 0.15) is 103 Å². The van der Waals surface area contributed by atoms with Gasteiger partial charge in [-0.25, -0.2) is 9.59 Å². The molecule has 2 N–H and O–H groups in total. The largest absolute Gasteiger partial charge is 0.461 e. The first-order chi connectivity index (χ1) is 19.3. The highest BCUT2D eigenvalue weighted by molar-refractivity contribution is 5.71. The normalized spacial score (nSPS) is 21.0. The van der Waals surface area contributed by atoms with Crippen LogP contribution >= 0.6 is 0 Å². The monoisotopic (exact) mass is 560 g/mol. The lowest BCUT2D eigenvalue weighted by atomic mass is 9.89. The molecular weight excluding hydrogens is 508 g/mol. The lowest BCUT2D eigenvalue weighted by Crippen LogP contribution is -2.44. The molecule has 2 aliphatic carbocycles. The number of benzene rings is 1. The summed E-state index contributed by atoms with van der Waals surface area (Å²) in [7, 11) is 0. The fourth-order valence-electron chi connectivity index (χ4n) is 5.54. The van der Waals surface area contributed by atoms with Gasteiger partial charge >= 0.3 is 12.1 Å². The summed E-state index contributed by atoms with van der Waals surface area (Å²) in [6.45, 7) is 6.82. The number of unbranched alkanes of at least 4 members (excludes halogenated alkanes) is 1. The van der Waals surface area contributed by atoms with E-state index in [1.54, 1.807) is 0 Å². The molecule has 0 heterocycles. The van der Waals surface area contributed by atoms with Crippen LogP contribution in [0.15, 0.2) is 30.3 Å². The third-order valence-electron chi connectivity index (χ3n) is 7.46. The van der Waals surface area contributed by atoms with Crippen LogP contribution in [0.5, 0.6) is 0 Å². The van der Waals surface area contributed by atoms with E-state index >= 15 is 0 Å². The summed E-state index contributed by atoms with van der Waals surface area (Å²) in [6.07, 6.45) is 12.3. The van der Waals surface area contributed by atoms with Crippen LogP contribution in [-0.2, 0) is 30.3 Å². The van der Waals surface area contributed by atoms with Crippen LogP contribution in [0.4, 0.5) is 4.79 Å². The number of ether oxygens (including phenoxy) is 4. The van der Waals surface area contributed by atoms with Gasteiger partial charge in [-0.3, -0.25) is 0 Å². The summed E-state index contributed by atoms with van der Waals surface area (Å²) in [6, 6.07) is 10.9. The molecule has 3 rings (SSSR count). The number of rotatable bonds is 15. The molecule has 40 heavy (non-hydrogen) atoms. The van der Waals surface area contributed by atoms with Crippen LogP contribution in [0, 0.1) is 0 Å². The number of carbonyl (C=O) groups excluding carboxylic acids is 2. The van der Waals surface area contributed by atoms with E-state index in [1.807, 2.05) is 51.1 Å². The first-order valence-electron chi connectivity index (χ1n) is 15.4. The van der Waals surface area contributed by atoms with E-state index in [0.717, 1.165) is 44.1 Å². The van der Waals surface area contributed by atoms with Crippen molar-refractivity contribution in [1.29, 1.82) is 0 Å². The van der Waals surface area contributed by atoms with Crippen molar-refractivity contribution in [2.75, 3.05) is 19.8 Å². The second kappa shape index (κ2) is 17.6. The average Bonchev–Trinajstić information content (AvgIpc) is 2.91. The topological polar surface area (TPSA) is 95.1 Å². The number of hydrogen-bond donors (Lipinski definition) is 2. The maximum atomic E-state index is 12.6. The molecule has 0 aromatic heterocycles. The van der Waals surface area contributed by atoms with E-state index in [4.69, 9.17) is 18.9 Å². The summed E-state index contributed by atoms with van der Waals surface area (Å²) in [5.41, 5.74) is 0.561. The minimum Gasteiger partial charge on any atom is -0.461 e. The molecule has 2 saturated carbocycles. The van der Waals surface area contributed by atoms with Crippen LogP contribution in [0.25, 0.3) is 0 Å². The minimum absolute atomic E-state index is 0.0579. The van der Waals surface area contributed by atoms with Crippen molar-refractivity contribution in [3.8, 4) is 0 Å². The predicted molar refractivity (Wildman–Crippen MR) is 156 cm³/mol. The Balaban J connectivity index is 1.35. The van der Waals surface area contributed by atoms with Crippen molar-refractivity contribution in [1.82, 2.24) is 10.6 Å². The maximum absolute atomic E-state index is 12.6. The second-order valence-corrected chi connectivity index (χ2v) is 12.4. The van der Waals surface area contributed by atoms with Gasteiger partial charge in [0.1, 0.15) is 18.3 Å². The van der Waals surface area contributed by atoms with Crippen LogP contribution in [-0.4, -0.2) is 61.7 Å². The zero-order valence-corrected chi connectivity index (χ0v) is 25.0. The van der Waals surface area contributed by atoms with Crippen molar-refractivity contribution < 1.29 is 28.5 Å². The zero-order valence-electron chi connectivity index (χ0n) is 25.0. The molecule has 3 atom stereocenters. The Morgan fingerprint density at radius 1 is 0.925 bits per heavy atom. The number of nitrogens with one attached hydrogen (secondary N) is 2. The minimum atomic E-state index is -0.589. The molecular formula is C32H52N2O6. The SMILES string of the molecule is CC(C)(C)OC(=O)N[C@H](CCCCOCc1ccccc1)COCC(=O)OC1CCCC(NC2CCCCC2)C1. The molecule has 8 heteroatoms. The van der Waals surface area contributed by atoms with Crippen molar-refractivity contribution in [2.24, 2.45) is 0 Å². The highest BCUT2D eigenvalue weighted by Gasteiger charge is 2.27. The van der Waals surface area contributed by atoms with Gasteiger partial charge in [0.2, 0.25) is 0 Å². The molecule has 2 unspecified atom stereocenters. The van der Waals surface area contributed by atoms with Crippen molar-refractivity contribution >= 4 is 12.1 Å². The second-order valence-electron chi connectivity index (χ2n) is 12.4. The lowest BCUT2D eigenvalue weighted by Gasteiger charge is -2.34. The molecule has 226 valence electrons. The highest BCUT2D eigenvalue weighted by atomic mass is 16.6. The van der Waals surface area contributed by atoms with Crippen molar-refractivity contribution in [3.05, 3.63) is 35.9 Å². The fraction of sp³-hybridized carbons (Fsp3) is 0.750. The van der Waals surface area contributed by atoms with Crippen molar-refractivity contribution in [2.45, 2.75) is 134 Å². The summed E-state index contributed by atoms with van der Waals surface area (Å²) < 4.78 is 22.7. The van der Waals surface area contributed by atoms with Gasteiger partial charge in [-0.1, -0.05) is 49.6 Å². The molecule has 2 aliphatic rings. The summed E-state index contributed by atoms with van der Waals surface area (Å²) in [5, 5.41) is 6.71. The van der Waals surface area contributed by atoms with E-state index < -0.39 is 11.7 Å². The molecule has 0 spiro atoms. The third kappa shape index (κ3) is 14.0. The fourth-order valence-corrected chi connectivity index (χ4v) is 5.54. The molecule has 8 nitrogen and oxygen atoms in total.